The number of pyridine rings is 1. The van der Waals surface area contributed by atoms with Gasteiger partial charge in [-0.15, -0.1) is 12.4 Å². The molecular formula is C7H12ClN3O. The van der Waals surface area contributed by atoms with Crippen LogP contribution in [0.2, 0.25) is 0 Å². The fourth-order valence-corrected chi connectivity index (χ4v) is 0.842. The summed E-state index contributed by atoms with van der Waals surface area (Å²) in [6.45, 7) is -0.115. The fourth-order valence-electron chi connectivity index (χ4n) is 0.842. The Balaban J connectivity index is 0.00000121. The van der Waals surface area contributed by atoms with Gasteiger partial charge in [-0.2, -0.15) is 0 Å². The SMILES string of the molecule is Cl.Nc1ncccc1[C@H](N)CO. The van der Waals surface area contributed by atoms with E-state index in [-0.39, 0.29) is 19.0 Å². The molecule has 1 aromatic rings. The first-order valence-corrected chi connectivity index (χ1v) is 3.32. The molecule has 0 radical (unpaired) electrons. The van der Waals surface area contributed by atoms with Crippen molar-refractivity contribution in [3.63, 3.8) is 0 Å². The first-order valence-electron chi connectivity index (χ1n) is 3.32. The number of nitrogens with zero attached hydrogens (tertiary/aromatic N) is 1. The third kappa shape index (κ3) is 2.34. The summed E-state index contributed by atoms with van der Waals surface area (Å²) in [5, 5.41) is 8.70. The molecule has 5 heteroatoms. The molecule has 0 fully saturated rings. The van der Waals surface area contributed by atoms with Crippen LogP contribution in [0, 0.1) is 0 Å². The lowest BCUT2D eigenvalue weighted by Crippen LogP contribution is -2.16. The number of nitrogens with two attached hydrogens (primary N) is 2. The molecule has 68 valence electrons. The second-order valence-corrected chi connectivity index (χ2v) is 2.27. The van der Waals surface area contributed by atoms with Crippen LogP contribution in [0.15, 0.2) is 18.3 Å². The number of nitrogen functional groups attached to an aromatic ring is 1. The highest BCUT2D eigenvalue weighted by Crippen LogP contribution is 2.14. The summed E-state index contributed by atoms with van der Waals surface area (Å²) in [6, 6.07) is 3.06. The van der Waals surface area contributed by atoms with Gasteiger partial charge in [0.05, 0.1) is 12.6 Å². The van der Waals surface area contributed by atoms with Crippen molar-refractivity contribution in [1.29, 1.82) is 0 Å². The van der Waals surface area contributed by atoms with E-state index in [9.17, 15) is 0 Å². The Morgan fingerprint density at radius 1 is 1.58 bits per heavy atom. The van der Waals surface area contributed by atoms with Crippen molar-refractivity contribution in [3.05, 3.63) is 23.9 Å². The van der Waals surface area contributed by atoms with E-state index in [0.717, 1.165) is 0 Å². The molecule has 0 saturated heterocycles. The summed E-state index contributed by atoms with van der Waals surface area (Å²) in [7, 11) is 0. The first kappa shape index (κ1) is 11.2. The van der Waals surface area contributed by atoms with Crippen LogP contribution in [0.4, 0.5) is 5.82 Å². The summed E-state index contributed by atoms with van der Waals surface area (Å²) in [5.41, 5.74) is 11.7. The number of hydrogen-bond donors (Lipinski definition) is 3. The molecule has 0 aliphatic rings. The van der Waals surface area contributed by atoms with Crippen molar-refractivity contribution in [3.8, 4) is 0 Å². The van der Waals surface area contributed by atoms with Gasteiger partial charge in [0.2, 0.25) is 0 Å². The minimum atomic E-state index is -0.427. The zero-order chi connectivity index (χ0) is 8.27. The van der Waals surface area contributed by atoms with E-state index in [4.69, 9.17) is 16.6 Å². The molecule has 0 aliphatic carbocycles. The van der Waals surface area contributed by atoms with Crippen molar-refractivity contribution in [1.82, 2.24) is 4.98 Å². The van der Waals surface area contributed by atoms with Crippen LogP contribution in [0.3, 0.4) is 0 Å². The summed E-state index contributed by atoms with van der Waals surface area (Å²) in [5.74, 6) is 0.383. The Hall–Kier alpha value is -0.840. The molecule has 0 aliphatic heterocycles. The summed E-state index contributed by atoms with van der Waals surface area (Å²) in [4.78, 5) is 3.83. The van der Waals surface area contributed by atoms with Crippen molar-refractivity contribution >= 4 is 18.2 Å². The minimum absolute atomic E-state index is 0. The molecule has 1 aromatic heterocycles. The quantitative estimate of drug-likeness (QED) is 0.615. The molecule has 0 saturated carbocycles. The van der Waals surface area contributed by atoms with Gasteiger partial charge in [0.25, 0.3) is 0 Å². The highest BCUT2D eigenvalue weighted by molar-refractivity contribution is 5.85. The van der Waals surface area contributed by atoms with Gasteiger partial charge in [0.15, 0.2) is 0 Å². The number of aliphatic hydroxyl groups is 1. The number of rotatable bonds is 2. The molecule has 1 rings (SSSR count). The molecule has 4 nitrogen and oxygen atoms in total. The third-order valence-corrected chi connectivity index (χ3v) is 1.47. The van der Waals surface area contributed by atoms with Crippen molar-refractivity contribution < 1.29 is 5.11 Å². The molecule has 0 amide bonds. The van der Waals surface area contributed by atoms with Crippen LogP contribution in [0.1, 0.15) is 11.6 Å². The predicted octanol–water partition coefficient (Wildman–Crippen LogP) is 0.0777. The lowest BCUT2D eigenvalue weighted by atomic mass is 10.1. The fraction of sp³-hybridized carbons (Fsp3) is 0.286. The van der Waals surface area contributed by atoms with Gasteiger partial charge in [-0.3, -0.25) is 0 Å². The Bertz CT molecular complexity index is 244. The van der Waals surface area contributed by atoms with Gasteiger partial charge >= 0.3 is 0 Å². The molecule has 1 heterocycles. The summed E-state index contributed by atoms with van der Waals surface area (Å²) in [6.07, 6.45) is 1.59. The Kier molecular flexibility index (Phi) is 4.58. The van der Waals surface area contributed by atoms with E-state index >= 15 is 0 Å². The first-order chi connectivity index (χ1) is 5.25. The maximum atomic E-state index is 8.70. The van der Waals surface area contributed by atoms with Gasteiger partial charge in [-0.25, -0.2) is 4.98 Å². The van der Waals surface area contributed by atoms with E-state index in [2.05, 4.69) is 4.98 Å². The lowest BCUT2D eigenvalue weighted by molar-refractivity contribution is 0.268. The minimum Gasteiger partial charge on any atom is -0.394 e. The van der Waals surface area contributed by atoms with E-state index in [1.54, 1.807) is 18.3 Å². The zero-order valence-corrected chi connectivity index (χ0v) is 7.29. The average molecular weight is 190 g/mol. The van der Waals surface area contributed by atoms with Gasteiger partial charge in [-0.05, 0) is 6.07 Å². The second-order valence-electron chi connectivity index (χ2n) is 2.27. The van der Waals surface area contributed by atoms with Crippen LogP contribution in [-0.4, -0.2) is 16.7 Å². The van der Waals surface area contributed by atoms with Gasteiger partial charge in [0, 0.05) is 11.8 Å². The topological polar surface area (TPSA) is 85.2 Å². The summed E-state index contributed by atoms with van der Waals surface area (Å²) < 4.78 is 0. The lowest BCUT2D eigenvalue weighted by Gasteiger charge is -2.09. The number of aliphatic hydroxyl groups excluding tert-OH is 1. The number of hydrogen-bond acceptors (Lipinski definition) is 4. The molecule has 5 N–H and O–H groups in total. The number of anilines is 1. The molecular weight excluding hydrogens is 178 g/mol. The number of halogens is 1. The van der Waals surface area contributed by atoms with Crippen LogP contribution in [-0.2, 0) is 0 Å². The maximum Gasteiger partial charge on any atom is 0.128 e. The largest absolute Gasteiger partial charge is 0.394 e. The highest BCUT2D eigenvalue weighted by atomic mass is 35.5. The van der Waals surface area contributed by atoms with Gasteiger partial charge in [0.1, 0.15) is 5.82 Å². The van der Waals surface area contributed by atoms with Crippen LogP contribution in [0.5, 0.6) is 0 Å². The van der Waals surface area contributed by atoms with Crippen LogP contribution < -0.4 is 11.5 Å². The molecule has 12 heavy (non-hydrogen) atoms. The normalized spacial score (nSPS) is 11.8. The Morgan fingerprint density at radius 3 is 2.75 bits per heavy atom. The molecule has 0 bridgehead atoms. The van der Waals surface area contributed by atoms with E-state index in [1.165, 1.54) is 0 Å². The molecule has 0 aromatic carbocycles. The third-order valence-electron chi connectivity index (χ3n) is 1.47. The second kappa shape index (κ2) is 4.92. The zero-order valence-electron chi connectivity index (χ0n) is 6.47. The average Bonchev–Trinajstić information content (AvgIpc) is 2.04. The van der Waals surface area contributed by atoms with Crippen LogP contribution >= 0.6 is 12.4 Å². The van der Waals surface area contributed by atoms with Gasteiger partial charge < -0.3 is 16.6 Å². The van der Waals surface area contributed by atoms with Crippen LogP contribution in [0.25, 0.3) is 0 Å². The Labute approximate surface area is 77.0 Å². The Morgan fingerprint density at radius 2 is 2.25 bits per heavy atom. The maximum absolute atomic E-state index is 8.70. The van der Waals surface area contributed by atoms with E-state index < -0.39 is 6.04 Å². The number of aromatic nitrogens is 1. The van der Waals surface area contributed by atoms with Crippen molar-refractivity contribution in [2.24, 2.45) is 5.73 Å². The monoisotopic (exact) mass is 189 g/mol. The highest BCUT2D eigenvalue weighted by Gasteiger charge is 2.07. The van der Waals surface area contributed by atoms with E-state index in [0.29, 0.717) is 11.4 Å². The molecule has 1 atom stereocenters. The standard InChI is InChI=1S/C7H11N3O.ClH/c8-6(4-11)5-2-1-3-10-7(5)9;/h1-3,6,11H,4,8H2,(H2,9,10);1H/t6-;/m1./s1. The predicted molar refractivity (Wildman–Crippen MR) is 49.9 cm³/mol. The van der Waals surface area contributed by atoms with E-state index in [1.807, 2.05) is 0 Å². The van der Waals surface area contributed by atoms with Crippen molar-refractivity contribution in [2.75, 3.05) is 12.3 Å². The summed E-state index contributed by atoms with van der Waals surface area (Å²) >= 11 is 0. The molecule has 0 unspecified atom stereocenters. The molecule has 0 spiro atoms. The van der Waals surface area contributed by atoms with Gasteiger partial charge in [-0.1, -0.05) is 6.07 Å². The smallest absolute Gasteiger partial charge is 0.128 e. The van der Waals surface area contributed by atoms with Crippen molar-refractivity contribution in [2.45, 2.75) is 6.04 Å².